The minimum atomic E-state index is 0.149. The van der Waals surface area contributed by atoms with E-state index in [1.165, 1.54) is 5.69 Å². The normalized spacial score (nSPS) is 21.0. The van der Waals surface area contributed by atoms with Gasteiger partial charge in [0.2, 0.25) is 0 Å². The number of anilines is 1. The van der Waals surface area contributed by atoms with Gasteiger partial charge in [0.25, 0.3) is 0 Å². The number of hydrogen-bond acceptors (Lipinski definition) is 3. The molecule has 0 N–H and O–H groups in total. The van der Waals surface area contributed by atoms with Crippen LogP contribution >= 0.6 is 0 Å². The molecule has 0 spiro atoms. The Morgan fingerprint density at radius 1 is 1.31 bits per heavy atom. The molecule has 86 valence electrons. The quantitative estimate of drug-likeness (QED) is 0.763. The molecule has 3 heteroatoms. The molecule has 1 fully saturated rings. The van der Waals surface area contributed by atoms with Gasteiger partial charge in [0.15, 0.2) is 0 Å². The Morgan fingerprint density at radius 3 is 2.56 bits per heavy atom. The van der Waals surface area contributed by atoms with Crippen molar-refractivity contribution in [1.29, 1.82) is 0 Å². The molecule has 1 aromatic carbocycles. The zero-order chi connectivity index (χ0) is 11.5. The lowest BCUT2D eigenvalue weighted by Crippen LogP contribution is -2.39. The summed E-state index contributed by atoms with van der Waals surface area (Å²) in [6, 6.07) is 8.00. The van der Waals surface area contributed by atoms with Gasteiger partial charge in [-0.25, -0.2) is 0 Å². The monoisotopic (exact) mass is 219 g/mol. The number of hydrogen-bond donors (Lipinski definition) is 0. The molecular weight excluding hydrogens is 202 g/mol. The van der Waals surface area contributed by atoms with Crippen LogP contribution in [0.4, 0.5) is 5.69 Å². The first-order chi connectivity index (χ1) is 7.70. The van der Waals surface area contributed by atoms with Gasteiger partial charge in [-0.3, -0.25) is 4.79 Å². The highest BCUT2D eigenvalue weighted by atomic mass is 16.5. The van der Waals surface area contributed by atoms with Crippen LogP contribution in [0.2, 0.25) is 0 Å². The van der Waals surface area contributed by atoms with Crippen molar-refractivity contribution in [2.24, 2.45) is 5.92 Å². The van der Waals surface area contributed by atoms with Crippen molar-refractivity contribution in [3.05, 3.63) is 24.3 Å². The van der Waals surface area contributed by atoms with E-state index >= 15 is 0 Å². The summed E-state index contributed by atoms with van der Waals surface area (Å²) in [5.41, 5.74) is 1.17. The van der Waals surface area contributed by atoms with E-state index in [4.69, 9.17) is 4.74 Å². The molecule has 0 amide bonds. The molecule has 1 saturated heterocycles. The molecule has 1 heterocycles. The minimum absolute atomic E-state index is 0.149. The second kappa shape index (κ2) is 4.56. The van der Waals surface area contributed by atoms with Crippen LogP contribution in [0, 0.1) is 5.92 Å². The van der Waals surface area contributed by atoms with E-state index in [9.17, 15) is 4.79 Å². The topological polar surface area (TPSA) is 29.5 Å². The highest BCUT2D eigenvalue weighted by molar-refractivity contribution is 5.83. The first-order valence-corrected chi connectivity index (χ1v) is 5.62. The van der Waals surface area contributed by atoms with Gasteiger partial charge in [0.1, 0.15) is 11.5 Å². The van der Waals surface area contributed by atoms with Crippen molar-refractivity contribution in [1.82, 2.24) is 0 Å². The first kappa shape index (κ1) is 11.0. The highest BCUT2D eigenvalue weighted by Gasteiger charge is 2.23. The van der Waals surface area contributed by atoms with Crippen LogP contribution in [-0.2, 0) is 4.79 Å². The van der Waals surface area contributed by atoms with E-state index in [0.717, 1.165) is 18.8 Å². The van der Waals surface area contributed by atoms with Crippen molar-refractivity contribution >= 4 is 11.5 Å². The fraction of sp³-hybridized carbons (Fsp3) is 0.462. The number of ketones is 1. The molecule has 16 heavy (non-hydrogen) atoms. The number of benzene rings is 1. The number of rotatable bonds is 2. The number of ether oxygens (including phenoxy) is 1. The highest BCUT2D eigenvalue weighted by Crippen LogP contribution is 2.23. The van der Waals surface area contributed by atoms with Gasteiger partial charge in [-0.15, -0.1) is 0 Å². The smallest absolute Gasteiger partial charge is 0.139 e. The van der Waals surface area contributed by atoms with E-state index in [1.807, 2.05) is 31.2 Å². The molecule has 0 radical (unpaired) electrons. The third-order valence-corrected chi connectivity index (χ3v) is 3.11. The standard InChI is InChI=1S/C13H17NO2/c1-10-9-14(8-7-13(10)15)11-3-5-12(16-2)6-4-11/h3-6,10H,7-9H2,1-2H3. The maximum Gasteiger partial charge on any atom is 0.139 e. The number of methoxy groups -OCH3 is 1. The van der Waals surface area contributed by atoms with Crippen LogP contribution < -0.4 is 9.64 Å². The molecule has 2 rings (SSSR count). The summed E-state index contributed by atoms with van der Waals surface area (Å²) < 4.78 is 5.12. The molecular formula is C13H17NO2. The van der Waals surface area contributed by atoms with E-state index in [0.29, 0.717) is 12.2 Å². The summed E-state index contributed by atoms with van der Waals surface area (Å²) in [6.45, 7) is 3.65. The van der Waals surface area contributed by atoms with Crippen molar-refractivity contribution < 1.29 is 9.53 Å². The SMILES string of the molecule is COc1ccc(N2CCC(=O)C(C)C2)cc1. The predicted molar refractivity (Wildman–Crippen MR) is 64.0 cm³/mol. The summed E-state index contributed by atoms with van der Waals surface area (Å²) in [5, 5.41) is 0. The second-order valence-corrected chi connectivity index (χ2v) is 4.26. The van der Waals surface area contributed by atoms with Crippen LogP contribution in [0.5, 0.6) is 5.75 Å². The van der Waals surface area contributed by atoms with Gasteiger partial charge < -0.3 is 9.64 Å². The molecule has 3 nitrogen and oxygen atoms in total. The lowest BCUT2D eigenvalue weighted by Gasteiger charge is -2.31. The molecule has 0 aliphatic carbocycles. The Balaban J connectivity index is 2.09. The average Bonchev–Trinajstić information content (AvgIpc) is 2.33. The summed E-state index contributed by atoms with van der Waals surface area (Å²) >= 11 is 0. The third kappa shape index (κ3) is 2.18. The summed E-state index contributed by atoms with van der Waals surface area (Å²) in [4.78, 5) is 13.7. The maximum absolute atomic E-state index is 11.4. The number of Topliss-reactive ketones (excluding diaryl/α,β-unsaturated/α-hetero) is 1. The van der Waals surface area contributed by atoms with Crippen LogP contribution in [-0.4, -0.2) is 26.0 Å². The second-order valence-electron chi connectivity index (χ2n) is 4.26. The van der Waals surface area contributed by atoms with E-state index in [1.54, 1.807) is 7.11 Å². The van der Waals surface area contributed by atoms with Gasteiger partial charge in [-0.1, -0.05) is 6.92 Å². The molecule has 1 aliphatic heterocycles. The number of nitrogens with zero attached hydrogens (tertiary/aromatic N) is 1. The Labute approximate surface area is 96.0 Å². The fourth-order valence-electron chi connectivity index (χ4n) is 2.04. The Morgan fingerprint density at radius 2 is 2.00 bits per heavy atom. The first-order valence-electron chi connectivity index (χ1n) is 5.62. The maximum atomic E-state index is 11.4. The lowest BCUT2D eigenvalue weighted by atomic mass is 9.98. The third-order valence-electron chi connectivity index (χ3n) is 3.11. The van der Waals surface area contributed by atoms with Crippen molar-refractivity contribution in [2.75, 3.05) is 25.1 Å². The Bertz CT molecular complexity index is 372. The number of piperidine rings is 1. The van der Waals surface area contributed by atoms with E-state index in [2.05, 4.69) is 4.90 Å². The molecule has 0 saturated carbocycles. The van der Waals surface area contributed by atoms with Crippen LogP contribution in [0.3, 0.4) is 0 Å². The van der Waals surface area contributed by atoms with E-state index in [-0.39, 0.29) is 5.92 Å². The molecule has 1 atom stereocenters. The van der Waals surface area contributed by atoms with Gasteiger partial charge in [-0.05, 0) is 24.3 Å². The van der Waals surface area contributed by atoms with Gasteiger partial charge >= 0.3 is 0 Å². The van der Waals surface area contributed by atoms with Crippen molar-refractivity contribution in [3.8, 4) is 5.75 Å². The zero-order valence-corrected chi connectivity index (χ0v) is 9.77. The summed E-state index contributed by atoms with van der Waals surface area (Å²) in [5.74, 6) is 1.39. The number of carbonyl (C=O) groups excluding carboxylic acids is 1. The lowest BCUT2D eigenvalue weighted by molar-refractivity contribution is -0.122. The molecule has 0 bridgehead atoms. The Hall–Kier alpha value is -1.51. The predicted octanol–water partition coefficient (Wildman–Crippen LogP) is 2.11. The molecule has 1 aliphatic rings. The van der Waals surface area contributed by atoms with Gasteiger partial charge in [0.05, 0.1) is 7.11 Å². The van der Waals surface area contributed by atoms with Crippen LogP contribution in [0.1, 0.15) is 13.3 Å². The Kier molecular flexibility index (Phi) is 3.13. The van der Waals surface area contributed by atoms with Crippen molar-refractivity contribution in [3.63, 3.8) is 0 Å². The van der Waals surface area contributed by atoms with Crippen LogP contribution in [0.15, 0.2) is 24.3 Å². The number of carbonyl (C=O) groups is 1. The van der Waals surface area contributed by atoms with Gasteiger partial charge in [0, 0.05) is 31.1 Å². The average molecular weight is 219 g/mol. The van der Waals surface area contributed by atoms with Gasteiger partial charge in [-0.2, -0.15) is 0 Å². The zero-order valence-electron chi connectivity index (χ0n) is 9.77. The molecule has 0 aromatic heterocycles. The fourth-order valence-corrected chi connectivity index (χ4v) is 2.04. The van der Waals surface area contributed by atoms with Crippen LogP contribution in [0.25, 0.3) is 0 Å². The molecule has 1 unspecified atom stereocenters. The van der Waals surface area contributed by atoms with Crippen molar-refractivity contribution in [2.45, 2.75) is 13.3 Å². The minimum Gasteiger partial charge on any atom is -0.497 e. The molecule has 1 aromatic rings. The largest absolute Gasteiger partial charge is 0.497 e. The summed E-state index contributed by atoms with van der Waals surface area (Å²) in [7, 11) is 1.66. The summed E-state index contributed by atoms with van der Waals surface area (Å²) in [6.07, 6.45) is 0.660. The van der Waals surface area contributed by atoms with E-state index < -0.39 is 0 Å².